The first kappa shape index (κ1) is 39.8. The van der Waals surface area contributed by atoms with Crippen molar-refractivity contribution in [1.29, 1.82) is 0 Å². The van der Waals surface area contributed by atoms with E-state index in [4.69, 9.17) is 0 Å². The molecule has 0 spiro atoms. The van der Waals surface area contributed by atoms with Crippen LogP contribution in [0.5, 0.6) is 0 Å². The van der Waals surface area contributed by atoms with Crippen molar-refractivity contribution >= 4 is 69.1 Å². The molecule has 10 aromatic rings. The monoisotopic (exact) mass is 814 g/mol. The highest BCUT2D eigenvalue weighted by atomic mass is 14.2. The van der Waals surface area contributed by atoms with Crippen molar-refractivity contribution in [2.24, 2.45) is 0 Å². The maximum absolute atomic E-state index is 2.37. The van der Waals surface area contributed by atoms with Crippen LogP contribution in [0.15, 0.2) is 243 Å². The van der Waals surface area contributed by atoms with Crippen LogP contribution in [0.3, 0.4) is 0 Å². The van der Waals surface area contributed by atoms with Crippen LogP contribution in [0.25, 0.3) is 80.3 Å². The molecular formula is C64H46. The minimum absolute atomic E-state index is 1.14. The lowest BCUT2D eigenvalue weighted by Gasteiger charge is -2.14. The van der Waals surface area contributed by atoms with E-state index < -0.39 is 0 Å². The molecule has 0 aliphatic rings. The van der Waals surface area contributed by atoms with Crippen molar-refractivity contribution in [3.8, 4) is 11.1 Å². The number of rotatable bonds is 11. The van der Waals surface area contributed by atoms with Crippen molar-refractivity contribution in [2.45, 2.75) is 0 Å². The molecule has 10 aromatic carbocycles. The summed E-state index contributed by atoms with van der Waals surface area (Å²) in [5.41, 5.74) is 16.6. The molecule has 0 fully saturated rings. The van der Waals surface area contributed by atoms with Gasteiger partial charge in [0, 0.05) is 0 Å². The van der Waals surface area contributed by atoms with Crippen molar-refractivity contribution in [2.75, 3.05) is 0 Å². The van der Waals surface area contributed by atoms with Crippen molar-refractivity contribution in [3.05, 3.63) is 298 Å². The minimum Gasteiger partial charge on any atom is -0.0622 e. The van der Waals surface area contributed by atoms with Gasteiger partial charge in [0.1, 0.15) is 0 Å². The van der Waals surface area contributed by atoms with Gasteiger partial charge in [-0.25, -0.2) is 0 Å². The van der Waals surface area contributed by atoms with Crippen LogP contribution in [0.2, 0.25) is 0 Å². The molecule has 0 aromatic heterocycles. The van der Waals surface area contributed by atoms with Crippen LogP contribution >= 0.6 is 0 Å². The molecule has 0 saturated carbocycles. The Morgan fingerprint density at radius 2 is 0.688 bits per heavy atom. The summed E-state index contributed by atoms with van der Waals surface area (Å²) >= 11 is 0. The molecule has 0 atom stereocenters. The SMILES string of the molecule is C(=Cc1cc(-c2ccc3ccccc3c2)c2ccccc2c1C=Cc1ccc(C=C(c2ccccc2)c2ccccc2)cc1)c1ccc(C=C(c2ccccc2)c2ccccc2)cc1. The minimum atomic E-state index is 1.14. The van der Waals surface area contributed by atoms with Gasteiger partial charge >= 0.3 is 0 Å². The zero-order valence-electron chi connectivity index (χ0n) is 35.6. The molecule has 64 heavy (non-hydrogen) atoms. The van der Waals surface area contributed by atoms with Crippen LogP contribution in [-0.4, -0.2) is 0 Å². The third-order valence-corrected chi connectivity index (χ3v) is 11.9. The van der Waals surface area contributed by atoms with E-state index in [0.717, 1.165) is 27.8 Å². The number of hydrogen-bond donors (Lipinski definition) is 0. The van der Waals surface area contributed by atoms with Gasteiger partial charge in [-0.05, 0) is 124 Å². The Bertz CT molecular complexity index is 3210. The highest BCUT2D eigenvalue weighted by molar-refractivity contribution is 6.06. The van der Waals surface area contributed by atoms with Gasteiger partial charge in [-0.1, -0.05) is 255 Å². The molecule has 0 radical (unpaired) electrons. The molecule has 0 aliphatic heterocycles. The second-order valence-corrected chi connectivity index (χ2v) is 16.1. The molecule has 0 unspecified atom stereocenters. The molecule has 0 heterocycles. The molecule has 302 valence electrons. The van der Waals surface area contributed by atoms with Crippen molar-refractivity contribution in [1.82, 2.24) is 0 Å². The van der Waals surface area contributed by atoms with Crippen molar-refractivity contribution in [3.63, 3.8) is 0 Å². The molecular weight excluding hydrogens is 769 g/mol. The van der Waals surface area contributed by atoms with Gasteiger partial charge in [-0.3, -0.25) is 0 Å². The quantitative estimate of drug-likeness (QED) is 0.114. The highest BCUT2D eigenvalue weighted by Gasteiger charge is 2.12. The maximum Gasteiger partial charge on any atom is -0.00988 e. The molecule has 0 saturated heterocycles. The third kappa shape index (κ3) is 9.00. The molecule has 0 N–H and O–H groups in total. The van der Waals surface area contributed by atoms with Crippen LogP contribution < -0.4 is 0 Å². The predicted molar refractivity (Wildman–Crippen MR) is 277 cm³/mol. The Morgan fingerprint density at radius 1 is 0.281 bits per heavy atom. The van der Waals surface area contributed by atoms with Gasteiger partial charge in [0.15, 0.2) is 0 Å². The first-order valence-electron chi connectivity index (χ1n) is 22.0. The summed E-state index contributed by atoms with van der Waals surface area (Å²) in [6, 6.07) is 86.9. The van der Waals surface area contributed by atoms with Gasteiger partial charge < -0.3 is 0 Å². The Balaban J connectivity index is 1.02. The fourth-order valence-corrected chi connectivity index (χ4v) is 8.58. The van der Waals surface area contributed by atoms with Crippen molar-refractivity contribution < 1.29 is 0 Å². The lowest BCUT2D eigenvalue weighted by molar-refractivity contribution is 1.55. The summed E-state index contributed by atoms with van der Waals surface area (Å²) in [7, 11) is 0. The highest BCUT2D eigenvalue weighted by Crippen LogP contribution is 2.37. The van der Waals surface area contributed by atoms with Gasteiger partial charge in [0.2, 0.25) is 0 Å². The Labute approximate surface area is 376 Å². The van der Waals surface area contributed by atoms with Gasteiger partial charge in [-0.15, -0.1) is 0 Å². The summed E-state index contributed by atoms with van der Waals surface area (Å²) in [6.07, 6.45) is 13.6. The summed E-state index contributed by atoms with van der Waals surface area (Å²) in [4.78, 5) is 0. The fraction of sp³-hybridized carbons (Fsp3) is 0. The van der Waals surface area contributed by atoms with E-state index in [1.165, 1.54) is 71.6 Å². The lowest BCUT2D eigenvalue weighted by Crippen LogP contribution is -1.90. The zero-order valence-corrected chi connectivity index (χ0v) is 35.6. The van der Waals surface area contributed by atoms with Crippen LogP contribution in [0.1, 0.15) is 55.6 Å². The largest absolute Gasteiger partial charge is 0.0622 e. The average molecular weight is 815 g/mol. The third-order valence-electron chi connectivity index (χ3n) is 11.9. The summed E-state index contributed by atoms with van der Waals surface area (Å²) in [5.74, 6) is 0. The number of fused-ring (bicyclic) bond motifs is 2. The second-order valence-electron chi connectivity index (χ2n) is 16.1. The predicted octanol–water partition coefficient (Wildman–Crippen LogP) is 17.2. The van der Waals surface area contributed by atoms with Crippen LogP contribution in [0, 0.1) is 0 Å². The molecule has 0 heteroatoms. The molecule has 0 amide bonds. The fourth-order valence-electron chi connectivity index (χ4n) is 8.58. The first-order valence-corrected chi connectivity index (χ1v) is 22.0. The van der Waals surface area contributed by atoms with E-state index in [1.54, 1.807) is 0 Å². The molecule has 0 aliphatic carbocycles. The Hall–Kier alpha value is -8.32. The Morgan fingerprint density at radius 3 is 1.19 bits per heavy atom. The average Bonchev–Trinajstić information content (AvgIpc) is 3.37. The molecule has 0 bridgehead atoms. The zero-order chi connectivity index (χ0) is 42.9. The van der Waals surface area contributed by atoms with Crippen LogP contribution in [-0.2, 0) is 0 Å². The van der Waals surface area contributed by atoms with E-state index in [-0.39, 0.29) is 0 Å². The summed E-state index contributed by atoms with van der Waals surface area (Å²) in [5, 5.41) is 4.92. The van der Waals surface area contributed by atoms with E-state index in [0.29, 0.717) is 0 Å². The van der Waals surface area contributed by atoms with Gasteiger partial charge in [-0.2, -0.15) is 0 Å². The topological polar surface area (TPSA) is 0 Å². The molecule has 10 rings (SSSR count). The number of benzene rings is 10. The van der Waals surface area contributed by atoms with E-state index in [9.17, 15) is 0 Å². The number of hydrogen-bond acceptors (Lipinski definition) is 0. The maximum atomic E-state index is 2.37. The van der Waals surface area contributed by atoms with E-state index in [1.807, 2.05) is 0 Å². The molecule has 0 nitrogen and oxygen atoms in total. The summed E-state index contributed by atoms with van der Waals surface area (Å²) in [6.45, 7) is 0. The van der Waals surface area contributed by atoms with E-state index in [2.05, 4.69) is 279 Å². The summed E-state index contributed by atoms with van der Waals surface area (Å²) < 4.78 is 0. The van der Waals surface area contributed by atoms with E-state index >= 15 is 0 Å². The standard InChI is InChI=1S/C64H46/c1-5-18-52(19-6-1)62(53-20-7-2-8-21-53)43-49-33-29-47(30-34-49)37-39-58-46-64(57-41-40-51-17-13-14-26-56(51)45-57)61-28-16-15-27-60(61)59(58)42-38-48-31-35-50(36-32-48)44-63(54-22-9-3-10-23-54)55-24-11-4-12-25-55/h1-46H. The first-order chi connectivity index (χ1) is 31.7. The lowest BCUT2D eigenvalue weighted by atomic mass is 9.89. The van der Waals surface area contributed by atoms with Crippen LogP contribution in [0.4, 0.5) is 0 Å². The normalized spacial score (nSPS) is 11.3. The Kier molecular flexibility index (Phi) is 11.7. The van der Waals surface area contributed by atoms with Gasteiger partial charge in [0.05, 0.1) is 0 Å². The smallest absolute Gasteiger partial charge is 0.00988 e. The van der Waals surface area contributed by atoms with Gasteiger partial charge in [0.25, 0.3) is 0 Å². The second kappa shape index (κ2) is 18.7.